The van der Waals surface area contributed by atoms with Crippen LogP contribution in [0.15, 0.2) is 4.52 Å². The van der Waals surface area contributed by atoms with Gasteiger partial charge in [-0.15, -0.1) is 0 Å². The zero-order valence-corrected chi connectivity index (χ0v) is 9.26. The number of methoxy groups -OCH3 is 2. The predicted octanol–water partition coefficient (Wildman–Crippen LogP) is 1.77. The van der Waals surface area contributed by atoms with Crippen molar-refractivity contribution in [3.05, 3.63) is 11.3 Å². The van der Waals surface area contributed by atoms with Gasteiger partial charge < -0.3 is 14.0 Å². The Bertz CT molecular complexity index is 240. The molecule has 5 heteroatoms. The minimum absolute atomic E-state index is 0.548. The van der Waals surface area contributed by atoms with E-state index in [1.54, 1.807) is 14.2 Å². The molecule has 1 aromatic heterocycles. The molecule has 0 saturated heterocycles. The Morgan fingerprint density at radius 1 is 1.46 bits per heavy atom. The van der Waals surface area contributed by atoms with Gasteiger partial charge in [-0.05, 0) is 5.16 Å². The lowest BCUT2D eigenvalue weighted by atomic mass is 10.2. The van der Waals surface area contributed by atoms with Crippen LogP contribution in [0.1, 0.15) is 11.3 Å². The summed E-state index contributed by atoms with van der Waals surface area (Å²) in [5.41, 5.74) is 0.973. The summed E-state index contributed by atoms with van der Waals surface area (Å²) >= 11 is 3.31. The number of hydrogen-bond acceptors (Lipinski definition) is 4. The van der Waals surface area contributed by atoms with E-state index >= 15 is 0 Å². The van der Waals surface area contributed by atoms with E-state index < -0.39 is 0 Å². The molecule has 0 unspecified atom stereocenters. The molecule has 13 heavy (non-hydrogen) atoms. The highest BCUT2D eigenvalue weighted by atomic mass is 79.9. The van der Waals surface area contributed by atoms with E-state index in [0.29, 0.717) is 17.8 Å². The molecule has 0 aliphatic heterocycles. The molecule has 0 spiro atoms. The summed E-state index contributed by atoms with van der Waals surface area (Å²) in [6.07, 6.45) is 0.754. The van der Waals surface area contributed by atoms with Crippen LogP contribution < -0.4 is 4.74 Å². The Kier molecular flexibility index (Phi) is 4.24. The normalized spacial score (nSPS) is 10.4. The summed E-state index contributed by atoms with van der Waals surface area (Å²) in [6.45, 7) is 0.636. The van der Waals surface area contributed by atoms with Gasteiger partial charge in [-0.2, -0.15) is 0 Å². The molecular weight excluding hydrogens is 238 g/mol. The van der Waals surface area contributed by atoms with Crippen molar-refractivity contribution in [1.29, 1.82) is 0 Å². The van der Waals surface area contributed by atoms with E-state index in [1.807, 2.05) is 0 Å². The molecule has 0 radical (unpaired) electrons. The highest BCUT2D eigenvalue weighted by Gasteiger charge is 2.14. The molecule has 0 fully saturated rings. The number of aromatic nitrogens is 1. The SMILES string of the molecule is COCCc1c(OC)noc1CBr. The second-order valence-electron chi connectivity index (χ2n) is 2.47. The molecule has 0 saturated carbocycles. The molecule has 74 valence electrons. The maximum absolute atomic E-state index is 5.06. The zero-order valence-electron chi connectivity index (χ0n) is 7.67. The fraction of sp³-hybridized carbons (Fsp3) is 0.625. The lowest BCUT2D eigenvalue weighted by Gasteiger charge is -2.00. The number of ether oxygens (including phenoxy) is 2. The van der Waals surface area contributed by atoms with Crippen molar-refractivity contribution >= 4 is 15.9 Å². The van der Waals surface area contributed by atoms with Crippen LogP contribution in [-0.4, -0.2) is 26.0 Å². The summed E-state index contributed by atoms with van der Waals surface area (Å²) in [5.74, 6) is 1.35. The van der Waals surface area contributed by atoms with Crippen molar-refractivity contribution in [2.24, 2.45) is 0 Å². The monoisotopic (exact) mass is 249 g/mol. The van der Waals surface area contributed by atoms with Gasteiger partial charge in [-0.25, -0.2) is 0 Å². The second kappa shape index (κ2) is 5.24. The first kappa shape index (κ1) is 10.5. The average Bonchev–Trinajstić information content (AvgIpc) is 2.56. The van der Waals surface area contributed by atoms with Gasteiger partial charge in [-0.1, -0.05) is 15.9 Å². The fourth-order valence-corrected chi connectivity index (χ4v) is 1.48. The minimum atomic E-state index is 0.548. The average molecular weight is 250 g/mol. The third kappa shape index (κ3) is 2.45. The molecule has 0 aromatic carbocycles. The number of halogens is 1. The van der Waals surface area contributed by atoms with Crippen LogP contribution in [-0.2, 0) is 16.5 Å². The molecule has 0 bridgehead atoms. The third-order valence-corrected chi connectivity index (χ3v) is 2.21. The quantitative estimate of drug-likeness (QED) is 0.747. The van der Waals surface area contributed by atoms with Crippen molar-refractivity contribution in [3.8, 4) is 5.88 Å². The molecule has 0 aliphatic carbocycles. The summed E-state index contributed by atoms with van der Waals surface area (Å²) in [7, 11) is 3.24. The standard InChI is InChI=1S/C8H12BrNO3/c1-11-4-3-6-7(5-9)13-10-8(6)12-2/h3-5H2,1-2H3. The number of alkyl halides is 1. The minimum Gasteiger partial charge on any atom is -0.479 e. The van der Waals surface area contributed by atoms with E-state index in [4.69, 9.17) is 14.0 Å². The van der Waals surface area contributed by atoms with Gasteiger partial charge in [0.25, 0.3) is 5.88 Å². The summed E-state index contributed by atoms with van der Waals surface area (Å²) in [4.78, 5) is 0. The van der Waals surface area contributed by atoms with Gasteiger partial charge >= 0.3 is 0 Å². The first-order valence-corrected chi connectivity index (χ1v) is 5.02. The van der Waals surface area contributed by atoms with E-state index in [9.17, 15) is 0 Å². The first-order chi connectivity index (χ1) is 6.33. The molecule has 1 heterocycles. The molecule has 0 atom stereocenters. The third-order valence-electron chi connectivity index (χ3n) is 1.70. The Morgan fingerprint density at radius 3 is 2.77 bits per heavy atom. The van der Waals surface area contributed by atoms with Crippen LogP contribution in [0.2, 0.25) is 0 Å². The van der Waals surface area contributed by atoms with E-state index in [0.717, 1.165) is 17.7 Å². The number of hydrogen-bond donors (Lipinski definition) is 0. The number of rotatable bonds is 5. The summed E-state index contributed by atoms with van der Waals surface area (Å²) in [6, 6.07) is 0. The van der Waals surface area contributed by atoms with E-state index in [-0.39, 0.29) is 0 Å². The van der Waals surface area contributed by atoms with Crippen molar-refractivity contribution < 1.29 is 14.0 Å². The summed E-state index contributed by atoms with van der Waals surface area (Å²) in [5, 5.41) is 4.42. The Morgan fingerprint density at radius 2 is 2.23 bits per heavy atom. The lowest BCUT2D eigenvalue weighted by molar-refractivity contribution is 0.201. The highest BCUT2D eigenvalue weighted by molar-refractivity contribution is 9.08. The largest absolute Gasteiger partial charge is 0.479 e. The topological polar surface area (TPSA) is 44.5 Å². The molecule has 4 nitrogen and oxygen atoms in total. The fourth-order valence-electron chi connectivity index (χ4n) is 1.04. The van der Waals surface area contributed by atoms with Gasteiger partial charge in [0.2, 0.25) is 0 Å². The Labute approximate surface area is 85.3 Å². The van der Waals surface area contributed by atoms with Gasteiger partial charge in [0.05, 0.1) is 24.6 Å². The predicted molar refractivity (Wildman–Crippen MR) is 51.3 cm³/mol. The van der Waals surface area contributed by atoms with Gasteiger partial charge in [0, 0.05) is 13.5 Å². The van der Waals surface area contributed by atoms with Crippen molar-refractivity contribution in [2.45, 2.75) is 11.8 Å². The molecule has 0 amide bonds. The second-order valence-corrected chi connectivity index (χ2v) is 3.03. The van der Waals surface area contributed by atoms with Crippen LogP contribution in [0.4, 0.5) is 0 Å². The van der Waals surface area contributed by atoms with Crippen LogP contribution >= 0.6 is 15.9 Å². The van der Waals surface area contributed by atoms with Crippen LogP contribution in [0, 0.1) is 0 Å². The maximum Gasteiger partial charge on any atom is 0.257 e. The zero-order chi connectivity index (χ0) is 9.68. The smallest absolute Gasteiger partial charge is 0.257 e. The lowest BCUT2D eigenvalue weighted by Crippen LogP contribution is -1.98. The van der Waals surface area contributed by atoms with E-state index in [2.05, 4.69) is 21.1 Å². The molecule has 0 N–H and O–H groups in total. The molecule has 1 aromatic rings. The van der Waals surface area contributed by atoms with Crippen LogP contribution in [0.5, 0.6) is 5.88 Å². The van der Waals surface area contributed by atoms with Crippen molar-refractivity contribution in [1.82, 2.24) is 5.16 Å². The van der Waals surface area contributed by atoms with E-state index in [1.165, 1.54) is 0 Å². The number of nitrogens with zero attached hydrogens (tertiary/aromatic N) is 1. The Hall–Kier alpha value is -0.550. The molecular formula is C8H12BrNO3. The maximum atomic E-state index is 5.06. The van der Waals surface area contributed by atoms with Gasteiger partial charge in [0.1, 0.15) is 0 Å². The molecule has 1 rings (SSSR count). The van der Waals surface area contributed by atoms with Gasteiger partial charge in [0.15, 0.2) is 5.76 Å². The van der Waals surface area contributed by atoms with Gasteiger partial charge in [-0.3, -0.25) is 0 Å². The van der Waals surface area contributed by atoms with Crippen molar-refractivity contribution in [3.63, 3.8) is 0 Å². The Balaban J connectivity index is 2.78. The van der Waals surface area contributed by atoms with Crippen molar-refractivity contribution in [2.75, 3.05) is 20.8 Å². The van der Waals surface area contributed by atoms with Crippen LogP contribution in [0.25, 0.3) is 0 Å². The first-order valence-electron chi connectivity index (χ1n) is 3.89. The summed E-state index contributed by atoms with van der Waals surface area (Å²) < 4.78 is 15.1. The van der Waals surface area contributed by atoms with Crippen LogP contribution in [0.3, 0.4) is 0 Å². The highest BCUT2D eigenvalue weighted by Crippen LogP contribution is 2.23. The molecule has 0 aliphatic rings.